The molecule has 0 N–H and O–H groups in total. The van der Waals surface area contributed by atoms with Gasteiger partial charge in [-0.15, -0.1) is 0 Å². The van der Waals surface area contributed by atoms with Crippen molar-refractivity contribution in [2.75, 3.05) is 22.0 Å². The minimum absolute atomic E-state index is 0.280. The number of sulfonamides is 1. The van der Waals surface area contributed by atoms with Gasteiger partial charge in [-0.25, -0.2) is 8.42 Å². The van der Waals surface area contributed by atoms with E-state index in [2.05, 4.69) is 0 Å². The van der Waals surface area contributed by atoms with E-state index in [0.29, 0.717) is 29.0 Å². The molecule has 2 aromatic carbocycles. The quantitative estimate of drug-likeness (QED) is 0.710. The van der Waals surface area contributed by atoms with E-state index in [4.69, 9.17) is 11.6 Å². The summed E-state index contributed by atoms with van der Waals surface area (Å²) in [6.45, 7) is 1.72. The number of hydrogen-bond donors (Lipinski definition) is 0. The molecule has 0 bridgehead atoms. The van der Waals surface area contributed by atoms with E-state index in [1.54, 1.807) is 12.1 Å². The molecule has 5 nitrogen and oxygen atoms in total. The van der Waals surface area contributed by atoms with Crippen molar-refractivity contribution >= 4 is 38.9 Å². The van der Waals surface area contributed by atoms with Gasteiger partial charge < -0.3 is 4.90 Å². The number of para-hydroxylation sites is 1. The molecule has 0 radical (unpaired) electrons. The number of benzene rings is 2. The van der Waals surface area contributed by atoms with Gasteiger partial charge in [0.15, 0.2) is 0 Å². The van der Waals surface area contributed by atoms with Gasteiger partial charge in [0.25, 0.3) is 5.91 Å². The molecule has 0 spiro atoms. The van der Waals surface area contributed by atoms with Crippen LogP contribution in [0.2, 0.25) is 5.02 Å². The van der Waals surface area contributed by atoms with Crippen molar-refractivity contribution in [3.05, 3.63) is 58.6 Å². The molecule has 1 aliphatic rings. The molecule has 1 amide bonds. The summed E-state index contributed by atoms with van der Waals surface area (Å²) in [7, 11) is -4.07. The number of rotatable bonds is 4. The monoisotopic (exact) mass is 446 g/mol. The standard InChI is InChI=1S/C19H18ClF3N2O3S/c1-12(18(26)24-10-9-13-5-3-4-6-17(13)24)25(29(2,27)28)14-7-8-16(20)15(11-14)19(21,22)23/h3-8,11-12H,9-10H2,1-2H3/t12-/m0/s1. The summed E-state index contributed by atoms with van der Waals surface area (Å²) >= 11 is 5.64. The van der Waals surface area contributed by atoms with Crippen LogP contribution in [0.5, 0.6) is 0 Å². The molecule has 1 heterocycles. The molecular weight excluding hydrogens is 429 g/mol. The molecule has 0 unspecified atom stereocenters. The van der Waals surface area contributed by atoms with Crippen molar-refractivity contribution in [2.24, 2.45) is 0 Å². The van der Waals surface area contributed by atoms with E-state index in [1.807, 2.05) is 12.1 Å². The fraction of sp³-hybridized carbons (Fsp3) is 0.316. The maximum absolute atomic E-state index is 13.2. The van der Waals surface area contributed by atoms with Crippen LogP contribution in [-0.4, -0.2) is 33.2 Å². The van der Waals surface area contributed by atoms with E-state index < -0.39 is 38.7 Å². The highest BCUT2D eigenvalue weighted by atomic mass is 35.5. The van der Waals surface area contributed by atoms with Crippen molar-refractivity contribution < 1.29 is 26.4 Å². The number of carbonyl (C=O) groups is 1. The van der Waals surface area contributed by atoms with E-state index in [9.17, 15) is 26.4 Å². The first-order chi connectivity index (χ1) is 13.4. The van der Waals surface area contributed by atoms with Gasteiger partial charge >= 0.3 is 6.18 Å². The highest BCUT2D eigenvalue weighted by Crippen LogP contribution is 2.38. The van der Waals surface area contributed by atoms with Crippen LogP contribution in [-0.2, 0) is 27.4 Å². The van der Waals surface area contributed by atoms with Crippen molar-refractivity contribution in [1.29, 1.82) is 0 Å². The fourth-order valence-corrected chi connectivity index (χ4v) is 4.85. The van der Waals surface area contributed by atoms with Gasteiger partial charge in [-0.05, 0) is 43.2 Å². The smallest absolute Gasteiger partial charge is 0.310 e. The zero-order valence-electron chi connectivity index (χ0n) is 15.6. The molecule has 0 fully saturated rings. The van der Waals surface area contributed by atoms with E-state index >= 15 is 0 Å². The first-order valence-electron chi connectivity index (χ1n) is 8.66. The van der Waals surface area contributed by atoms with Crippen LogP contribution < -0.4 is 9.21 Å². The number of amides is 1. The lowest BCUT2D eigenvalue weighted by molar-refractivity contribution is -0.137. The summed E-state index contributed by atoms with van der Waals surface area (Å²) in [6.07, 6.45) is -3.30. The molecule has 0 aliphatic carbocycles. The van der Waals surface area contributed by atoms with E-state index in [-0.39, 0.29) is 5.69 Å². The van der Waals surface area contributed by atoms with Gasteiger partial charge in [-0.3, -0.25) is 9.10 Å². The number of halogens is 4. The maximum Gasteiger partial charge on any atom is 0.417 e. The Labute approximate surface area is 171 Å². The lowest BCUT2D eigenvalue weighted by atomic mass is 10.1. The van der Waals surface area contributed by atoms with Crippen LogP contribution in [0.3, 0.4) is 0 Å². The Hall–Kier alpha value is -2.26. The lowest BCUT2D eigenvalue weighted by Crippen LogP contribution is -2.49. The van der Waals surface area contributed by atoms with Crippen molar-refractivity contribution in [1.82, 2.24) is 0 Å². The third kappa shape index (κ3) is 4.20. The molecule has 29 heavy (non-hydrogen) atoms. The van der Waals surface area contributed by atoms with Crippen molar-refractivity contribution in [3.63, 3.8) is 0 Å². The summed E-state index contributed by atoms with van der Waals surface area (Å²) in [5.74, 6) is -0.524. The van der Waals surface area contributed by atoms with Crippen LogP contribution in [0.25, 0.3) is 0 Å². The fourth-order valence-electron chi connectivity index (χ4n) is 3.46. The summed E-state index contributed by atoms with van der Waals surface area (Å²) in [4.78, 5) is 14.5. The van der Waals surface area contributed by atoms with E-state index in [0.717, 1.165) is 24.0 Å². The molecule has 156 valence electrons. The predicted octanol–water partition coefficient (Wildman–Crippen LogP) is 4.10. The Balaban J connectivity index is 2.02. The van der Waals surface area contributed by atoms with Gasteiger partial charge in [-0.1, -0.05) is 29.8 Å². The largest absolute Gasteiger partial charge is 0.417 e. The number of nitrogens with zero attached hydrogens (tertiary/aromatic N) is 2. The van der Waals surface area contributed by atoms with Crippen LogP contribution in [0.1, 0.15) is 18.1 Å². The molecular formula is C19H18ClF3N2O3S. The molecule has 10 heteroatoms. The number of anilines is 2. The Morgan fingerprint density at radius 2 is 1.86 bits per heavy atom. The second-order valence-electron chi connectivity index (χ2n) is 6.77. The second-order valence-corrected chi connectivity index (χ2v) is 9.03. The molecule has 1 atom stereocenters. The van der Waals surface area contributed by atoms with E-state index in [1.165, 1.54) is 11.8 Å². The Morgan fingerprint density at radius 3 is 2.48 bits per heavy atom. The van der Waals surface area contributed by atoms with Crippen LogP contribution in [0, 0.1) is 0 Å². The highest BCUT2D eigenvalue weighted by Gasteiger charge is 2.38. The first-order valence-corrected chi connectivity index (χ1v) is 10.9. The Bertz CT molecular complexity index is 1060. The summed E-state index contributed by atoms with van der Waals surface area (Å²) < 4.78 is 65.2. The Morgan fingerprint density at radius 1 is 1.21 bits per heavy atom. The molecule has 0 aromatic heterocycles. The molecule has 0 saturated carbocycles. The zero-order valence-corrected chi connectivity index (χ0v) is 17.1. The summed E-state index contributed by atoms with van der Waals surface area (Å²) in [5, 5.41) is -0.554. The molecule has 2 aromatic rings. The SMILES string of the molecule is C[C@@H](C(=O)N1CCc2ccccc21)N(c1ccc(Cl)c(C(F)(F)F)c1)S(C)(=O)=O. The van der Waals surface area contributed by atoms with Crippen molar-refractivity contribution in [2.45, 2.75) is 25.6 Å². The summed E-state index contributed by atoms with van der Waals surface area (Å²) in [5.41, 5.74) is 0.170. The third-order valence-corrected chi connectivity index (χ3v) is 6.30. The molecule has 0 saturated heterocycles. The third-order valence-electron chi connectivity index (χ3n) is 4.73. The van der Waals surface area contributed by atoms with Crippen molar-refractivity contribution in [3.8, 4) is 0 Å². The minimum Gasteiger partial charge on any atom is -0.310 e. The highest BCUT2D eigenvalue weighted by molar-refractivity contribution is 7.92. The Kier molecular flexibility index (Phi) is 5.57. The van der Waals surface area contributed by atoms with Gasteiger partial charge in [0.2, 0.25) is 10.0 Å². The maximum atomic E-state index is 13.2. The minimum atomic E-state index is -4.77. The molecule has 1 aliphatic heterocycles. The topological polar surface area (TPSA) is 57.7 Å². The number of hydrogen-bond acceptors (Lipinski definition) is 3. The zero-order chi connectivity index (χ0) is 21.6. The average Bonchev–Trinajstić information content (AvgIpc) is 3.04. The molecule has 3 rings (SSSR count). The van der Waals surface area contributed by atoms with Gasteiger partial charge in [0, 0.05) is 12.2 Å². The van der Waals surface area contributed by atoms with Crippen LogP contribution in [0.4, 0.5) is 24.5 Å². The van der Waals surface area contributed by atoms with Crippen LogP contribution in [0.15, 0.2) is 42.5 Å². The van der Waals surface area contributed by atoms with Crippen LogP contribution >= 0.6 is 11.6 Å². The van der Waals surface area contributed by atoms with Gasteiger partial charge in [0.1, 0.15) is 6.04 Å². The van der Waals surface area contributed by atoms with Gasteiger partial charge in [0.05, 0.1) is 22.5 Å². The second kappa shape index (κ2) is 7.53. The average molecular weight is 447 g/mol. The number of fused-ring (bicyclic) bond motifs is 1. The summed E-state index contributed by atoms with van der Waals surface area (Å²) in [6, 6.07) is 8.74. The number of carbonyl (C=O) groups excluding carboxylic acids is 1. The predicted molar refractivity (Wildman–Crippen MR) is 106 cm³/mol. The lowest BCUT2D eigenvalue weighted by Gasteiger charge is -2.31. The normalized spacial score (nSPS) is 15.2. The number of alkyl halides is 3. The van der Waals surface area contributed by atoms with Gasteiger partial charge in [-0.2, -0.15) is 13.2 Å². The first kappa shape index (κ1) is 21.4.